The van der Waals surface area contributed by atoms with E-state index in [9.17, 15) is 0 Å². The average molecular weight is 230 g/mol. The van der Waals surface area contributed by atoms with Crippen molar-refractivity contribution in [2.45, 2.75) is 19.4 Å². The third-order valence-electron chi connectivity index (χ3n) is 1.94. The maximum absolute atomic E-state index is 5.62. The van der Waals surface area contributed by atoms with Crippen molar-refractivity contribution in [1.29, 1.82) is 0 Å². The summed E-state index contributed by atoms with van der Waals surface area (Å²) in [5, 5.41) is 10.7. The van der Waals surface area contributed by atoms with E-state index >= 15 is 0 Å². The third kappa shape index (κ3) is 4.90. The van der Waals surface area contributed by atoms with E-state index in [4.69, 9.17) is 11.6 Å². The number of nitrogens with one attached hydrogen (secondary N) is 1. The molecule has 84 valence electrons. The number of aromatic nitrogens is 3. The number of nitrogens with zero attached hydrogens (tertiary/aromatic N) is 4. The van der Waals surface area contributed by atoms with E-state index < -0.39 is 0 Å². The Morgan fingerprint density at radius 3 is 2.87 bits per heavy atom. The van der Waals surface area contributed by atoms with Crippen LogP contribution in [-0.2, 0) is 0 Å². The van der Waals surface area contributed by atoms with Crippen molar-refractivity contribution in [2.24, 2.45) is 0 Å². The van der Waals surface area contributed by atoms with E-state index in [0.717, 1.165) is 13.0 Å². The lowest BCUT2D eigenvalue weighted by molar-refractivity contribution is 0.390. The molecule has 0 aliphatic carbocycles. The van der Waals surface area contributed by atoms with Crippen LogP contribution in [0.4, 0.5) is 5.82 Å². The van der Waals surface area contributed by atoms with Gasteiger partial charge >= 0.3 is 0 Å². The van der Waals surface area contributed by atoms with Crippen molar-refractivity contribution in [3.05, 3.63) is 11.5 Å². The zero-order chi connectivity index (χ0) is 11.3. The smallest absolute Gasteiger partial charge is 0.244 e. The van der Waals surface area contributed by atoms with Crippen LogP contribution in [0.3, 0.4) is 0 Å². The van der Waals surface area contributed by atoms with Gasteiger partial charge in [-0.2, -0.15) is 10.1 Å². The Labute approximate surface area is 94.9 Å². The molecule has 0 spiro atoms. The summed E-state index contributed by atoms with van der Waals surface area (Å²) in [4.78, 5) is 6.15. The molecule has 15 heavy (non-hydrogen) atoms. The van der Waals surface area contributed by atoms with Crippen LogP contribution in [-0.4, -0.2) is 46.8 Å². The van der Waals surface area contributed by atoms with E-state index in [1.165, 1.54) is 0 Å². The first-order valence-electron chi connectivity index (χ1n) is 4.84. The standard InChI is InChI=1S/C9H16ClN5/c1-7(4-5-15(2)3)12-8-6-11-14-9(10)13-8/h6-7H,4-5H2,1-3H3,(H,12,13,14). The minimum atomic E-state index is 0.166. The maximum atomic E-state index is 5.62. The fourth-order valence-corrected chi connectivity index (χ4v) is 1.26. The molecule has 0 radical (unpaired) electrons. The molecule has 1 rings (SSSR count). The molecule has 0 fully saturated rings. The monoisotopic (exact) mass is 229 g/mol. The van der Waals surface area contributed by atoms with Crippen molar-refractivity contribution in [3.63, 3.8) is 0 Å². The van der Waals surface area contributed by atoms with Gasteiger partial charge in [-0.25, -0.2) is 0 Å². The van der Waals surface area contributed by atoms with Gasteiger partial charge in [0.05, 0.1) is 6.20 Å². The third-order valence-corrected chi connectivity index (χ3v) is 2.10. The quantitative estimate of drug-likeness (QED) is 0.825. The van der Waals surface area contributed by atoms with Crippen LogP contribution < -0.4 is 5.32 Å². The molecule has 0 bridgehead atoms. The minimum absolute atomic E-state index is 0.166. The molecule has 5 nitrogen and oxygen atoms in total. The number of hydrogen-bond acceptors (Lipinski definition) is 5. The van der Waals surface area contributed by atoms with Gasteiger partial charge in [0.2, 0.25) is 5.28 Å². The number of halogens is 1. The van der Waals surface area contributed by atoms with Crippen LogP contribution in [0, 0.1) is 0 Å². The zero-order valence-corrected chi connectivity index (χ0v) is 9.99. The largest absolute Gasteiger partial charge is 0.366 e. The molecule has 0 aliphatic rings. The molecule has 0 saturated heterocycles. The minimum Gasteiger partial charge on any atom is -0.366 e. The Morgan fingerprint density at radius 1 is 1.53 bits per heavy atom. The van der Waals surface area contributed by atoms with Crippen LogP contribution in [0.25, 0.3) is 0 Å². The molecule has 0 aromatic carbocycles. The fourth-order valence-electron chi connectivity index (χ4n) is 1.13. The first-order valence-corrected chi connectivity index (χ1v) is 5.22. The normalized spacial score (nSPS) is 12.9. The van der Waals surface area contributed by atoms with Crippen LogP contribution in [0.2, 0.25) is 5.28 Å². The Hall–Kier alpha value is -0.940. The Balaban J connectivity index is 2.40. The average Bonchev–Trinajstić information content (AvgIpc) is 2.15. The van der Waals surface area contributed by atoms with Crippen molar-refractivity contribution < 1.29 is 0 Å². The maximum Gasteiger partial charge on any atom is 0.244 e. The highest BCUT2D eigenvalue weighted by molar-refractivity contribution is 6.28. The molecular formula is C9H16ClN5. The van der Waals surface area contributed by atoms with Gasteiger partial charge in [-0.3, -0.25) is 0 Å². The summed E-state index contributed by atoms with van der Waals surface area (Å²) in [6.07, 6.45) is 2.60. The summed E-state index contributed by atoms with van der Waals surface area (Å²) in [7, 11) is 4.10. The van der Waals surface area contributed by atoms with E-state index in [2.05, 4.69) is 46.4 Å². The van der Waals surface area contributed by atoms with Crippen molar-refractivity contribution >= 4 is 17.4 Å². The molecule has 1 aromatic rings. The molecule has 0 saturated carbocycles. The molecule has 1 aromatic heterocycles. The van der Waals surface area contributed by atoms with Gasteiger partial charge < -0.3 is 10.2 Å². The first kappa shape index (κ1) is 12.1. The van der Waals surface area contributed by atoms with Gasteiger partial charge in [0.15, 0.2) is 0 Å². The van der Waals surface area contributed by atoms with E-state index in [-0.39, 0.29) is 5.28 Å². The van der Waals surface area contributed by atoms with Crippen LogP contribution in [0.1, 0.15) is 13.3 Å². The topological polar surface area (TPSA) is 53.9 Å². The highest BCUT2D eigenvalue weighted by Crippen LogP contribution is 2.06. The predicted octanol–water partition coefficient (Wildman–Crippen LogP) is 1.28. The number of anilines is 1. The Kier molecular flexibility index (Phi) is 4.71. The van der Waals surface area contributed by atoms with Gasteiger partial charge in [-0.15, -0.1) is 5.10 Å². The SMILES string of the molecule is CC(CCN(C)C)Nc1cnnc(Cl)n1. The second kappa shape index (κ2) is 5.82. The summed E-state index contributed by atoms with van der Waals surface area (Å²) in [6, 6.07) is 0.333. The highest BCUT2D eigenvalue weighted by atomic mass is 35.5. The van der Waals surface area contributed by atoms with Gasteiger partial charge in [-0.1, -0.05) is 0 Å². The molecular weight excluding hydrogens is 214 g/mol. The molecule has 1 unspecified atom stereocenters. The van der Waals surface area contributed by atoms with Crippen molar-refractivity contribution in [1.82, 2.24) is 20.1 Å². The highest BCUT2D eigenvalue weighted by Gasteiger charge is 2.04. The zero-order valence-electron chi connectivity index (χ0n) is 9.24. The molecule has 1 N–H and O–H groups in total. The molecule has 0 amide bonds. The van der Waals surface area contributed by atoms with Crippen molar-refractivity contribution in [2.75, 3.05) is 26.0 Å². The molecule has 1 heterocycles. The van der Waals surface area contributed by atoms with E-state index in [1.807, 2.05) is 0 Å². The van der Waals surface area contributed by atoms with Crippen molar-refractivity contribution in [3.8, 4) is 0 Å². The lowest BCUT2D eigenvalue weighted by atomic mass is 10.2. The van der Waals surface area contributed by atoms with Gasteiger partial charge in [0.1, 0.15) is 5.82 Å². The lowest BCUT2D eigenvalue weighted by Gasteiger charge is -2.16. The summed E-state index contributed by atoms with van der Waals surface area (Å²) in [5.41, 5.74) is 0. The second-order valence-corrected chi connectivity index (χ2v) is 4.09. The van der Waals surface area contributed by atoms with Gasteiger partial charge in [0.25, 0.3) is 0 Å². The lowest BCUT2D eigenvalue weighted by Crippen LogP contribution is -2.23. The fraction of sp³-hybridized carbons (Fsp3) is 0.667. The van der Waals surface area contributed by atoms with Crippen LogP contribution >= 0.6 is 11.6 Å². The van der Waals surface area contributed by atoms with Crippen LogP contribution in [0.15, 0.2) is 6.20 Å². The van der Waals surface area contributed by atoms with Gasteiger partial charge in [-0.05, 0) is 45.6 Å². The van der Waals surface area contributed by atoms with Crippen LogP contribution in [0.5, 0.6) is 0 Å². The summed E-state index contributed by atoms with van der Waals surface area (Å²) >= 11 is 5.62. The second-order valence-electron chi connectivity index (χ2n) is 3.75. The molecule has 6 heteroatoms. The summed E-state index contributed by atoms with van der Waals surface area (Å²) in [6.45, 7) is 3.12. The molecule has 0 aliphatic heterocycles. The summed E-state index contributed by atoms with van der Waals surface area (Å²) in [5.74, 6) is 0.668. The number of hydrogen-bond donors (Lipinski definition) is 1. The Bertz CT molecular complexity index is 304. The number of rotatable bonds is 5. The van der Waals surface area contributed by atoms with Gasteiger partial charge in [0, 0.05) is 6.04 Å². The predicted molar refractivity (Wildman–Crippen MR) is 61.1 cm³/mol. The Morgan fingerprint density at radius 2 is 2.27 bits per heavy atom. The summed E-state index contributed by atoms with van der Waals surface area (Å²) < 4.78 is 0. The first-order chi connectivity index (χ1) is 7.08. The van der Waals surface area contributed by atoms with E-state index in [1.54, 1.807) is 6.20 Å². The molecule has 1 atom stereocenters. The van der Waals surface area contributed by atoms with E-state index in [0.29, 0.717) is 11.9 Å².